The van der Waals surface area contributed by atoms with Crippen LogP contribution in [-0.2, 0) is 22.9 Å². The van der Waals surface area contributed by atoms with Gasteiger partial charge in [-0.1, -0.05) is 17.7 Å². The van der Waals surface area contributed by atoms with Crippen LogP contribution in [0.5, 0.6) is 5.75 Å². The van der Waals surface area contributed by atoms with Crippen LogP contribution in [0, 0.1) is 0 Å². The van der Waals surface area contributed by atoms with Crippen molar-refractivity contribution in [3.05, 3.63) is 52.5 Å². The van der Waals surface area contributed by atoms with Crippen molar-refractivity contribution in [3.63, 3.8) is 0 Å². The van der Waals surface area contributed by atoms with Crippen molar-refractivity contribution in [1.82, 2.24) is 0 Å². The van der Waals surface area contributed by atoms with Crippen LogP contribution in [0.3, 0.4) is 0 Å². The van der Waals surface area contributed by atoms with Crippen LogP contribution in [0.25, 0.3) is 0 Å². The monoisotopic (exact) mass is 323 g/mol. The Labute approximate surface area is 128 Å². The number of hydrogen-bond acceptors (Lipinski definition) is 3. The minimum Gasteiger partial charge on any atom is -0.506 e. The maximum Gasteiger partial charge on any atom is 0.261 e. The Morgan fingerprint density at radius 3 is 2.57 bits per heavy atom. The molecule has 0 amide bonds. The Morgan fingerprint density at radius 2 is 1.81 bits per heavy atom. The molecule has 21 heavy (non-hydrogen) atoms. The normalized spacial score (nSPS) is 14.0. The van der Waals surface area contributed by atoms with E-state index in [9.17, 15) is 13.5 Å². The molecule has 1 aliphatic rings. The fourth-order valence-corrected chi connectivity index (χ4v) is 3.78. The third-order valence-electron chi connectivity index (χ3n) is 3.58. The lowest BCUT2D eigenvalue weighted by Gasteiger charge is -2.10. The van der Waals surface area contributed by atoms with E-state index >= 15 is 0 Å². The average molecular weight is 324 g/mol. The van der Waals surface area contributed by atoms with E-state index in [4.69, 9.17) is 11.6 Å². The third kappa shape index (κ3) is 2.84. The Morgan fingerprint density at radius 1 is 1.05 bits per heavy atom. The standard InChI is InChI=1S/C15H14ClNO3S/c16-14-9-12(5-7-15(14)18)17-21(19,20)13-6-4-10-2-1-3-11(10)8-13/h4-9,17-18H,1-3H2. The minimum absolute atomic E-state index is 0.0860. The summed E-state index contributed by atoms with van der Waals surface area (Å²) in [7, 11) is -3.65. The van der Waals surface area contributed by atoms with Gasteiger partial charge in [0.05, 0.1) is 15.6 Å². The first-order valence-corrected chi connectivity index (χ1v) is 8.45. The van der Waals surface area contributed by atoms with Gasteiger partial charge < -0.3 is 5.11 Å². The minimum atomic E-state index is -3.65. The molecule has 6 heteroatoms. The second-order valence-electron chi connectivity index (χ2n) is 5.06. The van der Waals surface area contributed by atoms with Gasteiger partial charge in [-0.3, -0.25) is 4.72 Å². The molecule has 0 bridgehead atoms. The number of halogens is 1. The lowest BCUT2D eigenvalue weighted by molar-refractivity contribution is 0.475. The van der Waals surface area contributed by atoms with E-state index in [1.54, 1.807) is 12.1 Å². The second kappa shape index (κ2) is 5.24. The molecule has 4 nitrogen and oxygen atoms in total. The van der Waals surface area contributed by atoms with E-state index in [2.05, 4.69) is 4.72 Å². The molecule has 0 heterocycles. The van der Waals surface area contributed by atoms with Gasteiger partial charge in [0.25, 0.3) is 10.0 Å². The van der Waals surface area contributed by atoms with E-state index in [1.807, 2.05) is 6.07 Å². The molecule has 0 fully saturated rings. The SMILES string of the molecule is O=S(=O)(Nc1ccc(O)c(Cl)c1)c1ccc2c(c1)CCC2. The predicted molar refractivity (Wildman–Crippen MR) is 82.4 cm³/mol. The predicted octanol–water partition coefficient (Wildman–Crippen LogP) is 3.34. The fraction of sp³-hybridized carbons (Fsp3) is 0.200. The number of phenolic OH excluding ortho intramolecular Hbond substituents is 1. The highest BCUT2D eigenvalue weighted by molar-refractivity contribution is 7.92. The molecule has 0 saturated carbocycles. The van der Waals surface area contributed by atoms with Crippen LogP contribution >= 0.6 is 11.6 Å². The Balaban J connectivity index is 1.91. The number of rotatable bonds is 3. The number of aryl methyl sites for hydroxylation is 2. The van der Waals surface area contributed by atoms with Crippen LogP contribution in [0.2, 0.25) is 5.02 Å². The summed E-state index contributed by atoms with van der Waals surface area (Å²) in [5.41, 5.74) is 2.64. The molecule has 110 valence electrons. The highest BCUT2D eigenvalue weighted by atomic mass is 35.5. The van der Waals surface area contributed by atoms with Crippen molar-refractivity contribution in [2.75, 3.05) is 4.72 Å². The summed E-state index contributed by atoms with van der Waals surface area (Å²) in [6, 6.07) is 9.42. The van der Waals surface area contributed by atoms with Crippen LogP contribution in [0.1, 0.15) is 17.5 Å². The number of anilines is 1. The van der Waals surface area contributed by atoms with Crippen molar-refractivity contribution < 1.29 is 13.5 Å². The van der Waals surface area contributed by atoms with E-state index in [0.29, 0.717) is 5.69 Å². The Kier molecular flexibility index (Phi) is 3.55. The van der Waals surface area contributed by atoms with Gasteiger partial charge in [0.1, 0.15) is 5.75 Å². The quantitative estimate of drug-likeness (QED) is 0.851. The number of fused-ring (bicyclic) bond motifs is 1. The van der Waals surface area contributed by atoms with Gasteiger partial charge in [0, 0.05) is 0 Å². The highest BCUT2D eigenvalue weighted by Crippen LogP contribution is 2.29. The maximum absolute atomic E-state index is 12.4. The van der Waals surface area contributed by atoms with E-state index in [-0.39, 0.29) is 15.7 Å². The molecule has 0 spiro atoms. The molecule has 0 saturated heterocycles. The molecule has 0 aromatic heterocycles. The first kappa shape index (κ1) is 14.2. The van der Waals surface area contributed by atoms with Crippen LogP contribution in [0.4, 0.5) is 5.69 Å². The summed E-state index contributed by atoms with van der Waals surface area (Å²) in [5.74, 6) is -0.0860. The van der Waals surface area contributed by atoms with Crippen molar-refractivity contribution in [3.8, 4) is 5.75 Å². The fourth-order valence-electron chi connectivity index (χ4n) is 2.50. The maximum atomic E-state index is 12.4. The van der Waals surface area contributed by atoms with Crippen molar-refractivity contribution >= 4 is 27.3 Å². The van der Waals surface area contributed by atoms with Gasteiger partial charge in [-0.25, -0.2) is 8.42 Å². The third-order valence-corrected chi connectivity index (χ3v) is 5.26. The van der Waals surface area contributed by atoms with Gasteiger partial charge in [-0.15, -0.1) is 0 Å². The van der Waals surface area contributed by atoms with E-state index in [1.165, 1.54) is 23.8 Å². The van der Waals surface area contributed by atoms with Gasteiger partial charge in [0.2, 0.25) is 0 Å². The first-order valence-electron chi connectivity index (χ1n) is 6.59. The number of sulfonamides is 1. The smallest absolute Gasteiger partial charge is 0.261 e. The lowest BCUT2D eigenvalue weighted by atomic mass is 10.1. The molecular weight excluding hydrogens is 310 g/mol. The number of hydrogen-bond donors (Lipinski definition) is 2. The molecule has 0 unspecified atom stereocenters. The summed E-state index contributed by atoms with van der Waals surface area (Å²) in [6.07, 6.45) is 3.00. The van der Waals surface area contributed by atoms with Gasteiger partial charge >= 0.3 is 0 Å². The van der Waals surface area contributed by atoms with E-state index < -0.39 is 10.0 Å². The molecule has 0 atom stereocenters. The second-order valence-corrected chi connectivity index (χ2v) is 7.15. The molecule has 2 aromatic carbocycles. The zero-order valence-electron chi connectivity index (χ0n) is 11.1. The molecule has 2 aromatic rings. The van der Waals surface area contributed by atoms with Crippen LogP contribution in [0.15, 0.2) is 41.3 Å². The summed E-state index contributed by atoms with van der Waals surface area (Å²) >= 11 is 5.78. The largest absolute Gasteiger partial charge is 0.506 e. The highest BCUT2D eigenvalue weighted by Gasteiger charge is 2.18. The topological polar surface area (TPSA) is 66.4 Å². The zero-order valence-corrected chi connectivity index (χ0v) is 12.7. The van der Waals surface area contributed by atoms with Gasteiger partial charge in [0.15, 0.2) is 0 Å². The number of aromatic hydroxyl groups is 1. The molecule has 2 N–H and O–H groups in total. The van der Waals surface area contributed by atoms with Crippen molar-refractivity contribution in [2.45, 2.75) is 24.2 Å². The number of nitrogens with one attached hydrogen (secondary N) is 1. The Hall–Kier alpha value is -1.72. The van der Waals surface area contributed by atoms with Crippen LogP contribution < -0.4 is 4.72 Å². The molecule has 3 rings (SSSR count). The number of benzene rings is 2. The number of phenols is 1. The van der Waals surface area contributed by atoms with E-state index in [0.717, 1.165) is 24.8 Å². The van der Waals surface area contributed by atoms with Crippen LogP contribution in [-0.4, -0.2) is 13.5 Å². The summed E-state index contributed by atoms with van der Waals surface area (Å²) in [6.45, 7) is 0. The molecule has 0 radical (unpaired) electrons. The molecular formula is C15H14ClNO3S. The van der Waals surface area contributed by atoms with Gasteiger partial charge in [-0.2, -0.15) is 0 Å². The zero-order chi connectivity index (χ0) is 15.0. The lowest BCUT2D eigenvalue weighted by Crippen LogP contribution is -2.13. The Bertz CT molecular complexity index is 803. The summed E-state index contributed by atoms with van der Waals surface area (Å²) < 4.78 is 27.2. The average Bonchev–Trinajstić information content (AvgIpc) is 2.90. The van der Waals surface area contributed by atoms with Gasteiger partial charge in [-0.05, 0) is 60.7 Å². The summed E-state index contributed by atoms with van der Waals surface area (Å²) in [4.78, 5) is 0.243. The molecule has 0 aliphatic heterocycles. The first-order chi connectivity index (χ1) is 9.95. The molecule has 1 aliphatic carbocycles. The van der Waals surface area contributed by atoms with Crippen molar-refractivity contribution in [1.29, 1.82) is 0 Å². The van der Waals surface area contributed by atoms with Crippen molar-refractivity contribution in [2.24, 2.45) is 0 Å². The summed E-state index contributed by atoms with van der Waals surface area (Å²) in [5, 5.41) is 9.46.